The van der Waals surface area contributed by atoms with Gasteiger partial charge >= 0.3 is 0 Å². The van der Waals surface area contributed by atoms with E-state index in [1.165, 1.54) is 0 Å². The molecule has 1 aliphatic carbocycles. The van der Waals surface area contributed by atoms with Gasteiger partial charge in [0.05, 0.1) is 16.1 Å². The zero-order valence-electron chi connectivity index (χ0n) is 7.93. The first-order valence-electron chi connectivity index (χ1n) is 4.64. The Hall–Kier alpha value is -0.750. The van der Waals surface area contributed by atoms with Crippen molar-refractivity contribution in [3.05, 3.63) is 33.3 Å². The Labute approximate surface area is 98.0 Å². The molecule has 1 aromatic carbocycles. The van der Waals surface area contributed by atoms with Crippen molar-refractivity contribution in [2.45, 2.75) is 24.9 Å². The molecular weight excluding hydrogens is 233 g/mol. The minimum atomic E-state index is -1.25. The van der Waals surface area contributed by atoms with Gasteiger partial charge in [0.2, 0.25) is 0 Å². The molecule has 0 aliphatic heterocycles. The van der Waals surface area contributed by atoms with Crippen molar-refractivity contribution in [1.29, 1.82) is 5.26 Å². The molecule has 0 bridgehead atoms. The highest BCUT2D eigenvalue weighted by atomic mass is 35.5. The van der Waals surface area contributed by atoms with Crippen LogP contribution in [0, 0.1) is 11.3 Å². The first-order chi connectivity index (χ1) is 7.04. The Morgan fingerprint density at radius 1 is 1.27 bits per heavy atom. The van der Waals surface area contributed by atoms with E-state index in [1.807, 2.05) is 12.1 Å². The lowest BCUT2D eigenvalue weighted by Gasteiger charge is -2.27. The molecule has 78 valence electrons. The number of halogens is 2. The van der Waals surface area contributed by atoms with E-state index in [0.29, 0.717) is 29.3 Å². The quantitative estimate of drug-likeness (QED) is 0.711. The van der Waals surface area contributed by atoms with Crippen LogP contribution in [0.25, 0.3) is 0 Å². The van der Waals surface area contributed by atoms with Gasteiger partial charge in [-0.05, 0) is 36.1 Å². The minimum Gasteiger partial charge on any atom is -0.375 e. The highest BCUT2D eigenvalue weighted by molar-refractivity contribution is 6.42. The van der Waals surface area contributed by atoms with E-state index in [1.54, 1.807) is 6.07 Å². The Bertz CT molecular complexity index is 453. The fraction of sp³-hybridized carbons (Fsp3) is 0.364. The lowest BCUT2D eigenvalue weighted by atomic mass is 9.81. The monoisotopic (exact) mass is 241 g/mol. The average Bonchev–Trinajstić information content (AvgIpc) is 2.21. The predicted octanol–water partition coefficient (Wildman–Crippen LogP) is 2.74. The van der Waals surface area contributed by atoms with Gasteiger partial charge < -0.3 is 5.11 Å². The maximum Gasteiger partial charge on any atom is 0.155 e. The number of nitrogens with zero attached hydrogens (tertiary/aromatic N) is 1. The largest absolute Gasteiger partial charge is 0.375 e. The normalized spacial score (nSPS) is 24.4. The van der Waals surface area contributed by atoms with Crippen LogP contribution in [-0.2, 0) is 12.8 Å². The van der Waals surface area contributed by atoms with Crippen LogP contribution < -0.4 is 0 Å². The lowest BCUT2D eigenvalue weighted by Crippen LogP contribution is -2.33. The summed E-state index contributed by atoms with van der Waals surface area (Å²) >= 11 is 11.8. The summed E-state index contributed by atoms with van der Waals surface area (Å²) in [6, 6.07) is 5.49. The van der Waals surface area contributed by atoms with Gasteiger partial charge in [-0.1, -0.05) is 23.2 Å². The van der Waals surface area contributed by atoms with E-state index in [4.69, 9.17) is 28.5 Å². The van der Waals surface area contributed by atoms with Crippen LogP contribution in [0.15, 0.2) is 12.1 Å². The first kappa shape index (κ1) is 10.8. The summed E-state index contributed by atoms with van der Waals surface area (Å²) in [6.07, 6.45) is 1.44. The number of aryl methyl sites for hydroxylation is 1. The fourth-order valence-corrected chi connectivity index (χ4v) is 2.24. The van der Waals surface area contributed by atoms with Crippen molar-refractivity contribution in [2.24, 2.45) is 0 Å². The summed E-state index contributed by atoms with van der Waals surface area (Å²) in [5, 5.41) is 19.7. The predicted molar refractivity (Wildman–Crippen MR) is 59.0 cm³/mol. The van der Waals surface area contributed by atoms with Crippen LogP contribution in [0.3, 0.4) is 0 Å². The number of aliphatic hydroxyl groups is 1. The molecular formula is C11H9Cl2NO. The van der Waals surface area contributed by atoms with Crippen LogP contribution in [0.4, 0.5) is 0 Å². The van der Waals surface area contributed by atoms with Gasteiger partial charge in [0.15, 0.2) is 5.60 Å². The molecule has 1 aromatic rings. The molecule has 1 N–H and O–H groups in total. The summed E-state index contributed by atoms with van der Waals surface area (Å²) in [4.78, 5) is 0. The van der Waals surface area contributed by atoms with Crippen molar-refractivity contribution < 1.29 is 5.11 Å². The number of rotatable bonds is 0. The van der Waals surface area contributed by atoms with E-state index < -0.39 is 5.60 Å². The van der Waals surface area contributed by atoms with Crippen molar-refractivity contribution in [3.63, 3.8) is 0 Å². The Kier molecular flexibility index (Phi) is 2.64. The zero-order chi connectivity index (χ0) is 11.1. The molecule has 4 heteroatoms. The second-order valence-electron chi connectivity index (χ2n) is 3.86. The summed E-state index contributed by atoms with van der Waals surface area (Å²) in [5.41, 5.74) is 0.744. The molecule has 2 nitrogen and oxygen atoms in total. The summed E-state index contributed by atoms with van der Waals surface area (Å²) in [5.74, 6) is 0. The van der Waals surface area contributed by atoms with Gasteiger partial charge in [0.1, 0.15) is 0 Å². The molecule has 0 fully saturated rings. The van der Waals surface area contributed by atoms with Gasteiger partial charge in [-0.3, -0.25) is 0 Å². The van der Waals surface area contributed by atoms with Gasteiger partial charge in [-0.25, -0.2) is 0 Å². The number of hydrogen-bond acceptors (Lipinski definition) is 2. The number of benzene rings is 1. The summed E-state index contributed by atoms with van der Waals surface area (Å²) < 4.78 is 0. The Morgan fingerprint density at radius 3 is 2.47 bits per heavy atom. The van der Waals surface area contributed by atoms with E-state index >= 15 is 0 Å². The van der Waals surface area contributed by atoms with E-state index in [-0.39, 0.29) is 0 Å². The molecule has 0 aromatic heterocycles. The molecule has 0 saturated carbocycles. The van der Waals surface area contributed by atoms with Crippen LogP contribution in [-0.4, -0.2) is 10.7 Å². The minimum absolute atomic E-state index is 0.329. The number of fused-ring (bicyclic) bond motifs is 1. The van der Waals surface area contributed by atoms with Crippen molar-refractivity contribution in [3.8, 4) is 6.07 Å². The van der Waals surface area contributed by atoms with Gasteiger partial charge in [-0.15, -0.1) is 0 Å². The fourth-order valence-electron chi connectivity index (χ4n) is 1.87. The Balaban J connectivity index is 2.43. The third-order valence-corrected chi connectivity index (χ3v) is 3.46. The van der Waals surface area contributed by atoms with Crippen molar-refractivity contribution in [2.75, 3.05) is 0 Å². The molecule has 0 saturated heterocycles. The number of hydrogen-bond donors (Lipinski definition) is 1. The molecule has 1 aliphatic rings. The lowest BCUT2D eigenvalue weighted by molar-refractivity contribution is 0.0840. The molecule has 0 spiro atoms. The Morgan fingerprint density at radius 2 is 1.87 bits per heavy atom. The van der Waals surface area contributed by atoms with Gasteiger partial charge in [0, 0.05) is 6.42 Å². The highest BCUT2D eigenvalue weighted by Gasteiger charge is 2.32. The highest BCUT2D eigenvalue weighted by Crippen LogP contribution is 2.33. The smallest absolute Gasteiger partial charge is 0.155 e. The molecule has 15 heavy (non-hydrogen) atoms. The standard InChI is InChI=1S/C11H9Cl2NO/c12-9-3-7-1-2-11(15,6-14)5-8(7)4-10(9)13/h3-4,15H,1-2,5H2. The molecule has 0 amide bonds. The second kappa shape index (κ2) is 3.68. The third kappa shape index (κ3) is 1.96. The topological polar surface area (TPSA) is 44.0 Å². The first-order valence-corrected chi connectivity index (χ1v) is 5.40. The molecule has 1 unspecified atom stereocenters. The molecule has 0 heterocycles. The van der Waals surface area contributed by atoms with Crippen LogP contribution >= 0.6 is 23.2 Å². The third-order valence-electron chi connectivity index (χ3n) is 2.74. The molecule has 2 rings (SSSR count). The summed E-state index contributed by atoms with van der Waals surface area (Å²) in [6.45, 7) is 0. The van der Waals surface area contributed by atoms with E-state index in [9.17, 15) is 5.11 Å². The van der Waals surface area contributed by atoms with Crippen LogP contribution in [0.5, 0.6) is 0 Å². The second-order valence-corrected chi connectivity index (χ2v) is 4.67. The average molecular weight is 242 g/mol. The number of nitriles is 1. The maximum atomic E-state index is 9.85. The van der Waals surface area contributed by atoms with E-state index in [2.05, 4.69) is 0 Å². The van der Waals surface area contributed by atoms with E-state index in [0.717, 1.165) is 11.1 Å². The molecule has 1 atom stereocenters. The van der Waals surface area contributed by atoms with Crippen LogP contribution in [0.2, 0.25) is 10.0 Å². The van der Waals surface area contributed by atoms with Gasteiger partial charge in [-0.2, -0.15) is 5.26 Å². The van der Waals surface area contributed by atoms with Crippen molar-refractivity contribution in [1.82, 2.24) is 0 Å². The maximum absolute atomic E-state index is 9.85. The summed E-state index contributed by atoms with van der Waals surface area (Å²) in [7, 11) is 0. The van der Waals surface area contributed by atoms with Crippen molar-refractivity contribution >= 4 is 23.2 Å². The molecule has 0 radical (unpaired) electrons. The zero-order valence-corrected chi connectivity index (χ0v) is 9.44. The SMILES string of the molecule is N#CC1(O)CCc2cc(Cl)c(Cl)cc2C1. The van der Waals surface area contributed by atoms with Crippen LogP contribution in [0.1, 0.15) is 17.5 Å². The van der Waals surface area contributed by atoms with Gasteiger partial charge in [0.25, 0.3) is 0 Å².